The topological polar surface area (TPSA) is 70.7 Å². The highest BCUT2D eigenvalue weighted by Crippen LogP contribution is 2.18. The maximum Gasteiger partial charge on any atom is 0.251 e. The van der Waals surface area contributed by atoms with Crippen LogP contribution in [0.4, 0.5) is 0 Å². The molecule has 98 valence electrons. The molecular weight excluding hydrogens is 260 g/mol. The minimum absolute atomic E-state index is 0.0886. The Bertz CT molecular complexity index is 536. The van der Waals surface area contributed by atoms with Crippen molar-refractivity contribution in [3.63, 3.8) is 0 Å². The number of nitrogens with one attached hydrogen (secondary N) is 2. The molecule has 2 N–H and O–H groups in total. The molecule has 0 spiro atoms. The minimum Gasteiger partial charge on any atom is -0.349 e. The van der Waals surface area contributed by atoms with E-state index >= 15 is 0 Å². The molecule has 0 saturated heterocycles. The van der Waals surface area contributed by atoms with Crippen LogP contribution in [0.2, 0.25) is 0 Å². The molecule has 0 saturated carbocycles. The summed E-state index contributed by atoms with van der Waals surface area (Å²) in [7, 11) is 0. The normalized spacial score (nSPS) is 10.1. The maximum absolute atomic E-state index is 11.7. The number of thioether (sulfide) groups is 1. The average Bonchev–Trinajstić information content (AvgIpc) is 2.96. The Morgan fingerprint density at radius 2 is 2.21 bits per heavy atom. The van der Waals surface area contributed by atoms with Gasteiger partial charge in [-0.3, -0.25) is 9.89 Å². The number of hydrogen-bond acceptors (Lipinski definition) is 4. The number of nitrogens with zero attached hydrogens (tertiary/aromatic N) is 2. The SMILES string of the molecule is C=CCNC(=O)c1ccc(CSc2ncn[nH]2)cc1. The third-order valence-electron chi connectivity index (χ3n) is 2.39. The Hall–Kier alpha value is -2.08. The van der Waals surface area contributed by atoms with Gasteiger partial charge in [0.15, 0.2) is 5.16 Å². The van der Waals surface area contributed by atoms with Gasteiger partial charge in [0.2, 0.25) is 0 Å². The van der Waals surface area contributed by atoms with Gasteiger partial charge in [-0.2, -0.15) is 5.10 Å². The van der Waals surface area contributed by atoms with E-state index in [-0.39, 0.29) is 5.91 Å². The molecule has 1 aromatic carbocycles. The molecule has 19 heavy (non-hydrogen) atoms. The number of aromatic nitrogens is 3. The second-order valence-electron chi connectivity index (χ2n) is 3.77. The minimum atomic E-state index is -0.0886. The van der Waals surface area contributed by atoms with Crippen molar-refractivity contribution < 1.29 is 4.79 Å². The van der Waals surface area contributed by atoms with E-state index in [4.69, 9.17) is 0 Å². The molecular formula is C13H14N4OS. The zero-order valence-electron chi connectivity index (χ0n) is 10.3. The second kappa shape index (κ2) is 6.75. The van der Waals surface area contributed by atoms with Gasteiger partial charge in [-0.1, -0.05) is 30.0 Å². The highest BCUT2D eigenvalue weighted by molar-refractivity contribution is 7.98. The van der Waals surface area contributed by atoms with Crippen LogP contribution in [0.25, 0.3) is 0 Å². The van der Waals surface area contributed by atoms with Gasteiger partial charge in [-0.25, -0.2) is 4.98 Å². The molecule has 2 rings (SSSR count). The monoisotopic (exact) mass is 274 g/mol. The number of H-pyrrole nitrogens is 1. The first-order valence-electron chi connectivity index (χ1n) is 5.76. The predicted molar refractivity (Wildman–Crippen MR) is 74.9 cm³/mol. The Kier molecular flexibility index (Phi) is 4.74. The maximum atomic E-state index is 11.7. The van der Waals surface area contributed by atoms with Crippen LogP contribution in [0, 0.1) is 0 Å². The van der Waals surface area contributed by atoms with E-state index in [2.05, 4.69) is 27.1 Å². The van der Waals surface area contributed by atoms with Crippen LogP contribution in [0.15, 0.2) is 48.4 Å². The number of rotatable bonds is 6. The van der Waals surface area contributed by atoms with Crippen molar-refractivity contribution in [2.75, 3.05) is 6.54 Å². The summed E-state index contributed by atoms with van der Waals surface area (Å²) in [5, 5.41) is 10.1. The Balaban J connectivity index is 1.90. The van der Waals surface area contributed by atoms with Gasteiger partial charge < -0.3 is 5.32 Å². The van der Waals surface area contributed by atoms with Gasteiger partial charge in [0.1, 0.15) is 6.33 Å². The summed E-state index contributed by atoms with van der Waals surface area (Å²) < 4.78 is 0. The van der Waals surface area contributed by atoms with Crippen LogP contribution in [0.1, 0.15) is 15.9 Å². The summed E-state index contributed by atoms with van der Waals surface area (Å²) in [5.41, 5.74) is 1.77. The van der Waals surface area contributed by atoms with Gasteiger partial charge in [-0.15, -0.1) is 6.58 Å². The molecule has 2 aromatic rings. The number of hydrogen-bond donors (Lipinski definition) is 2. The summed E-state index contributed by atoms with van der Waals surface area (Å²) in [5.74, 6) is 0.693. The van der Waals surface area contributed by atoms with Crippen molar-refractivity contribution in [3.8, 4) is 0 Å². The van der Waals surface area contributed by atoms with Crippen molar-refractivity contribution in [1.82, 2.24) is 20.5 Å². The number of benzene rings is 1. The second-order valence-corrected chi connectivity index (χ2v) is 4.74. The van der Waals surface area contributed by atoms with Crippen LogP contribution in [0.3, 0.4) is 0 Å². The van der Waals surface area contributed by atoms with Crippen LogP contribution < -0.4 is 5.32 Å². The fraction of sp³-hybridized carbons (Fsp3) is 0.154. The average molecular weight is 274 g/mol. The molecule has 0 aliphatic carbocycles. The molecule has 6 heteroatoms. The summed E-state index contributed by atoms with van der Waals surface area (Å²) in [4.78, 5) is 15.7. The lowest BCUT2D eigenvalue weighted by Crippen LogP contribution is -2.23. The van der Waals surface area contributed by atoms with Gasteiger partial charge in [-0.05, 0) is 17.7 Å². The van der Waals surface area contributed by atoms with E-state index in [1.807, 2.05) is 24.3 Å². The molecule has 1 amide bonds. The number of carbonyl (C=O) groups excluding carboxylic acids is 1. The van der Waals surface area contributed by atoms with Crippen molar-refractivity contribution in [2.45, 2.75) is 10.9 Å². The zero-order valence-corrected chi connectivity index (χ0v) is 11.1. The van der Waals surface area contributed by atoms with Gasteiger partial charge in [0.25, 0.3) is 5.91 Å². The highest BCUT2D eigenvalue weighted by Gasteiger charge is 2.04. The van der Waals surface area contributed by atoms with Crippen LogP contribution in [-0.4, -0.2) is 27.6 Å². The van der Waals surface area contributed by atoms with Gasteiger partial charge >= 0.3 is 0 Å². The molecule has 0 unspecified atom stereocenters. The molecule has 5 nitrogen and oxygen atoms in total. The number of carbonyl (C=O) groups is 1. The van der Waals surface area contributed by atoms with Gasteiger partial charge in [0, 0.05) is 17.9 Å². The molecule has 0 bridgehead atoms. The largest absolute Gasteiger partial charge is 0.349 e. The van der Waals surface area contributed by atoms with Crippen LogP contribution in [0.5, 0.6) is 0 Å². The molecule has 0 radical (unpaired) electrons. The third-order valence-corrected chi connectivity index (χ3v) is 3.34. The fourth-order valence-corrected chi connectivity index (χ4v) is 2.17. The molecule has 0 aliphatic rings. The molecule has 1 aromatic heterocycles. The van der Waals surface area contributed by atoms with Crippen molar-refractivity contribution in [3.05, 3.63) is 54.4 Å². The third kappa shape index (κ3) is 3.96. The van der Waals surface area contributed by atoms with E-state index in [1.165, 1.54) is 6.33 Å². The molecule has 0 fully saturated rings. The molecule has 0 aliphatic heterocycles. The van der Waals surface area contributed by atoms with Crippen LogP contribution >= 0.6 is 11.8 Å². The summed E-state index contributed by atoms with van der Waals surface area (Å²) in [6.07, 6.45) is 3.13. The lowest BCUT2D eigenvalue weighted by Gasteiger charge is -2.04. The Morgan fingerprint density at radius 3 is 2.84 bits per heavy atom. The highest BCUT2D eigenvalue weighted by atomic mass is 32.2. The first-order chi connectivity index (χ1) is 9.29. The fourth-order valence-electron chi connectivity index (χ4n) is 1.43. The Morgan fingerprint density at radius 1 is 1.42 bits per heavy atom. The zero-order chi connectivity index (χ0) is 13.5. The summed E-state index contributed by atoms with van der Waals surface area (Å²) >= 11 is 1.57. The smallest absolute Gasteiger partial charge is 0.251 e. The van der Waals surface area contributed by atoms with E-state index in [0.29, 0.717) is 12.1 Å². The van der Waals surface area contributed by atoms with Crippen molar-refractivity contribution >= 4 is 17.7 Å². The van der Waals surface area contributed by atoms with Crippen LogP contribution in [-0.2, 0) is 5.75 Å². The predicted octanol–water partition coefficient (Wildman–Crippen LogP) is 2.01. The van der Waals surface area contributed by atoms with E-state index in [0.717, 1.165) is 16.5 Å². The van der Waals surface area contributed by atoms with Gasteiger partial charge in [0.05, 0.1) is 0 Å². The van der Waals surface area contributed by atoms with E-state index < -0.39 is 0 Å². The first-order valence-corrected chi connectivity index (χ1v) is 6.74. The quantitative estimate of drug-likeness (QED) is 0.624. The lowest BCUT2D eigenvalue weighted by atomic mass is 10.1. The van der Waals surface area contributed by atoms with E-state index in [9.17, 15) is 4.79 Å². The first kappa shape index (κ1) is 13.4. The number of amides is 1. The molecule has 1 heterocycles. The summed E-state index contributed by atoms with van der Waals surface area (Å²) in [6, 6.07) is 7.50. The van der Waals surface area contributed by atoms with Crippen molar-refractivity contribution in [2.24, 2.45) is 0 Å². The van der Waals surface area contributed by atoms with Crippen molar-refractivity contribution in [1.29, 1.82) is 0 Å². The standard InChI is InChI=1S/C13H14N4OS/c1-2-7-14-12(18)11-5-3-10(4-6-11)8-19-13-15-9-16-17-13/h2-6,9H,1,7-8H2,(H,14,18)(H,15,16,17). The summed E-state index contributed by atoms with van der Waals surface area (Å²) in [6.45, 7) is 4.03. The van der Waals surface area contributed by atoms with E-state index in [1.54, 1.807) is 17.8 Å². The lowest BCUT2D eigenvalue weighted by molar-refractivity contribution is 0.0958. The molecule has 0 atom stereocenters. The Labute approximate surface area is 115 Å². The number of aromatic amines is 1.